The van der Waals surface area contributed by atoms with Crippen molar-refractivity contribution in [3.63, 3.8) is 0 Å². The highest BCUT2D eigenvalue weighted by atomic mass is 32.1. The van der Waals surface area contributed by atoms with Gasteiger partial charge in [-0.2, -0.15) is 0 Å². The summed E-state index contributed by atoms with van der Waals surface area (Å²) in [4.78, 5) is 8.71. The zero-order chi connectivity index (χ0) is 16.5. The minimum absolute atomic E-state index is 0.603. The molecular weight excluding hydrogens is 304 g/mol. The van der Waals surface area contributed by atoms with Crippen molar-refractivity contribution in [3.05, 3.63) is 22.4 Å². The molecule has 1 aliphatic rings. The minimum atomic E-state index is 0.603. The molecule has 2 N–H and O–H groups in total. The third-order valence-electron chi connectivity index (χ3n) is 4.18. The maximum absolute atomic E-state index is 4.65. The minimum Gasteiger partial charge on any atom is -0.357 e. The molecule has 0 unspecified atom stereocenters. The fraction of sp³-hybridized carbons (Fsp3) is 0.722. The van der Waals surface area contributed by atoms with Crippen LogP contribution in [0.25, 0.3) is 0 Å². The van der Waals surface area contributed by atoms with Crippen LogP contribution in [0.1, 0.15) is 38.5 Å². The quantitative estimate of drug-likeness (QED) is 0.593. The zero-order valence-electron chi connectivity index (χ0n) is 14.8. The Balaban J connectivity index is 1.69. The van der Waals surface area contributed by atoms with Gasteiger partial charge in [-0.05, 0) is 56.1 Å². The van der Waals surface area contributed by atoms with E-state index >= 15 is 0 Å². The molecule has 0 radical (unpaired) electrons. The second-order valence-corrected chi connectivity index (χ2v) is 7.83. The third kappa shape index (κ3) is 6.92. The molecule has 5 heteroatoms. The van der Waals surface area contributed by atoms with Gasteiger partial charge in [0, 0.05) is 31.1 Å². The number of rotatable bonds is 7. The van der Waals surface area contributed by atoms with E-state index in [0.717, 1.165) is 38.1 Å². The Morgan fingerprint density at radius 2 is 2.13 bits per heavy atom. The summed E-state index contributed by atoms with van der Waals surface area (Å²) in [5, 5.41) is 9.05. The van der Waals surface area contributed by atoms with Crippen LogP contribution in [-0.2, 0) is 6.54 Å². The van der Waals surface area contributed by atoms with Crippen molar-refractivity contribution in [2.75, 3.05) is 32.7 Å². The summed E-state index contributed by atoms with van der Waals surface area (Å²) < 4.78 is 0. The molecule has 0 atom stereocenters. The van der Waals surface area contributed by atoms with Crippen molar-refractivity contribution >= 4 is 17.3 Å². The van der Waals surface area contributed by atoms with Crippen molar-refractivity contribution in [2.45, 2.75) is 40.2 Å². The van der Waals surface area contributed by atoms with Gasteiger partial charge in [0.1, 0.15) is 0 Å². The molecule has 2 heterocycles. The molecule has 0 saturated carbocycles. The Kier molecular flexibility index (Phi) is 7.89. The normalized spacial score (nSPS) is 17.7. The molecule has 4 nitrogen and oxygen atoms in total. The van der Waals surface area contributed by atoms with Gasteiger partial charge < -0.3 is 10.6 Å². The largest absolute Gasteiger partial charge is 0.357 e. The average Bonchev–Trinajstić information content (AvgIpc) is 3.04. The van der Waals surface area contributed by atoms with Crippen molar-refractivity contribution in [3.8, 4) is 0 Å². The topological polar surface area (TPSA) is 39.7 Å². The molecule has 1 fully saturated rings. The predicted octanol–water partition coefficient (Wildman–Crippen LogP) is 3.17. The monoisotopic (exact) mass is 336 g/mol. The summed E-state index contributed by atoms with van der Waals surface area (Å²) in [5.41, 5.74) is 0. The number of nitrogens with zero attached hydrogens (tertiary/aromatic N) is 2. The molecular formula is C18H32N4S. The molecule has 1 aliphatic heterocycles. The van der Waals surface area contributed by atoms with Crippen molar-refractivity contribution in [1.82, 2.24) is 15.5 Å². The van der Waals surface area contributed by atoms with Crippen LogP contribution < -0.4 is 10.6 Å². The molecule has 0 spiro atoms. The highest BCUT2D eigenvalue weighted by Gasteiger charge is 2.19. The lowest BCUT2D eigenvalue weighted by molar-refractivity contribution is 0.179. The Bertz CT molecular complexity index is 448. The first kappa shape index (κ1) is 18.3. The van der Waals surface area contributed by atoms with Gasteiger partial charge in [0.2, 0.25) is 0 Å². The lowest BCUT2D eigenvalue weighted by atomic mass is 9.97. The van der Waals surface area contributed by atoms with E-state index in [2.05, 4.69) is 58.8 Å². The van der Waals surface area contributed by atoms with Crippen LogP contribution in [0.4, 0.5) is 0 Å². The maximum atomic E-state index is 4.65. The molecule has 0 bridgehead atoms. The van der Waals surface area contributed by atoms with Gasteiger partial charge in [-0.1, -0.05) is 19.9 Å². The zero-order valence-corrected chi connectivity index (χ0v) is 15.7. The van der Waals surface area contributed by atoms with Gasteiger partial charge in [-0.25, -0.2) is 0 Å². The average molecular weight is 337 g/mol. The van der Waals surface area contributed by atoms with E-state index in [9.17, 15) is 0 Å². The predicted molar refractivity (Wildman–Crippen MR) is 101 cm³/mol. The van der Waals surface area contributed by atoms with E-state index in [1.165, 1.54) is 30.8 Å². The van der Waals surface area contributed by atoms with E-state index < -0.39 is 0 Å². The summed E-state index contributed by atoms with van der Waals surface area (Å²) in [6.07, 6.45) is 2.56. The lowest BCUT2D eigenvalue weighted by Crippen LogP contribution is -2.42. The number of piperidine rings is 1. The number of nitrogens with one attached hydrogen (secondary N) is 2. The van der Waals surface area contributed by atoms with E-state index in [4.69, 9.17) is 0 Å². The summed E-state index contributed by atoms with van der Waals surface area (Å²) in [6, 6.07) is 4.39. The Morgan fingerprint density at radius 1 is 1.35 bits per heavy atom. The summed E-state index contributed by atoms with van der Waals surface area (Å²) in [5.74, 6) is 2.34. The number of aliphatic imine (C=N–C) groups is 1. The first-order chi connectivity index (χ1) is 11.2. The van der Waals surface area contributed by atoms with Crippen LogP contribution in [0.3, 0.4) is 0 Å². The third-order valence-corrected chi connectivity index (χ3v) is 5.04. The molecule has 2 rings (SSSR count). The van der Waals surface area contributed by atoms with Gasteiger partial charge in [0.05, 0.1) is 0 Å². The molecule has 0 aliphatic carbocycles. The SMILES string of the molecule is CCNC(=NCC(C)C)NCC1CCN(Cc2cccs2)CC1. The standard InChI is InChI=1S/C18H32N4S/c1-4-19-18(20-12-15(2)3)21-13-16-7-9-22(10-8-16)14-17-6-5-11-23-17/h5-6,11,15-16H,4,7-10,12-14H2,1-3H3,(H2,19,20,21). The van der Waals surface area contributed by atoms with E-state index in [-0.39, 0.29) is 0 Å². The van der Waals surface area contributed by atoms with Gasteiger partial charge >= 0.3 is 0 Å². The van der Waals surface area contributed by atoms with Gasteiger partial charge in [0.15, 0.2) is 5.96 Å². The second-order valence-electron chi connectivity index (χ2n) is 6.79. The molecule has 1 saturated heterocycles. The fourth-order valence-corrected chi connectivity index (χ4v) is 3.57. The summed E-state index contributed by atoms with van der Waals surface area (Å²) in [7, 11) is 0. The number of hydrogen-bond acceptors (Lipinski definition) is 3. The first-order valence-corrected chi connectivity index (χ1v) is 9.82. The molecule has 1 aromatic rings. The van der Waals surface area contributed by atoms with Crippen LogP contribution in [-0.4, -0.2) is 43.6 Å². The number of thiophene rings is 1. The van der Waals surface area contributed by atoms with Crippen LogP contribution in [0.5, 0.6) is 0 Å². The smallest absolute Gasteiger partial charge is 0.191 e. The van der Waals surface area contributed by atoms with E-state index in [1.807, 2.05) is 11.3 Å². The Morgan fingerprint density at radius 3 is 2.74 bits per heavy atom. The fourth-order valence-electron chi connectivity index (χ4n) is 2.83. The Hall–Kier alpha value is -1.07. The highest BCUT2D eigenvalue weighted by Crippen LogP contribution is 2.20. The lowest BCUT2D eigenvalue weighted by Gasteiger charge is -2.32. The van der Waals surface area contributed by atoms with Gasteiger partial charge in [-0.15, -0.1) is 11.3 Å². The van der Waals surface area contributed by atoms with Crippen LogP contribution in [0.15, 0.2) is 22.5 Å². The maximum Gasteiger partial charge on any atom is 0.191 e. The van der Waals surface area contributed by atoms with Crippen LogP contribution >= 0.6 is 11.3 Å². The Labute approximate surface area is 145 Å². The van der Waals surface area contributed by atoms with Crippen molar-refractivity contribution < 1.29 is 0 Å². The van der Waals surface area contributed by atoms with E-state index in [0.29, 0.717) is 5.92 Å². The molecule has 130 valence electrons. The van der Waals surface area contributed by atoms with Gasteiger partial charge in [-0.3, -0.25) is 9.89 Å². The van der Waals surface area contributed by atoms with E-state index in [1.54, 1.807) is 0 Å². The highest BCUT2D eigenvalue weighted by molar-refractivity contribution is 7.09. The van der Waals surface area contributed by atoms with Gasteiger partial charge in [0.25, 0.3) is 0 Å². The number of hydrogen-bond donors (Lipinski definition) is 2. The molecule has 0 amide bonds. The summed E-state index contributed by atoms with van der Waals surface area (Å²) >= 11 is 1.87. The van der Waals surface area contributed by atoms with Crippen LogP contribution in [0, 0.1) is 11.8 Å². The van der Waals surface area contributed by atoms with Crippen molar-refractivity contribution in [2.24, 2.45) is 16.8 Å². The number of likely N-dealkylation sites (tertiary alicyclic amines) is 1. The first-order valence-electron chi connectivity index (χ1n) is 8.94. The molecule has 23 heavy (non-hydrogen) atoms. The second kappa shape index (κ2) is 9.93. The number of guanidine groups is 1. The van der Waals surface area contributed by atoms with Crippen molar-refractivity contribution in [1.29, 1.82) is 0 Å². The molecule has 0 aromatic carbocycles. The molecule has 1 aromatic heterocycles. The van der Waals surface area contributed by atoms with Crippen LogP contribution in [0.2, 0.25) is 0 Å². The summed E-state index contributed by atoms with van der Waals surface area (Å²) in [6.45, 7) is 12.9.